The maximum atomic E-state index is 12.7. The number of amides is 1. The Morgan fingerprint density at radius 2 is 2.14 bits per heavy atom. The van der Waals surface area contributed by atoms with Crippen molar-refractivity contribution < 1.29 is 4.79 Å². The maximum absolute atomic E-state index is 12.7. The van der Waals surface area contributed by atoms with Gasteiger partial charge in [0.05, 0.1) is 11.6 Å². The second-order valence-electron chi connectivity index (χ2n) is 5.59. The highest BCUT2D eigenvalue weighted by Crippen LogP contribution is 2.23. The lowest BCUT2D eigenvalue weighted by atomic mass is 10.1. The summed E-state index contributed by atoms with van der Waals surface area (Å²) in [5.74, 6) is 0.0837. The van der Waals surface area contributed by atoms with Crippen LogP contribution in [0.1, 0.15) is 22.8 Å². The predicted octanol–water partition coefficient (Wildman–Crippen LogP) is 2.52. The highest BCUT2D eigenvalue weighted by Gasteiger charge is 2.28. The van der Waals surface area contributed by atoms with Gasteiger partial charge in [0.25, 0.3) is 5.91 Å². The molecule has 2 aromatic heterocycles. The van der Waals surface area contributed by atoms with E-state index in [9.17, 15) is 4.79 Å². The van der Waals surface area contributed by atoms with Gasteiger partial charge < -0.3 is 4.90 Å². The van der Waals surface area contributed by atoms with E-state index in [0.717, 1.165) is 29.4 Å². The first kappa shape index (κ1) is 13.0. The first-order chi connectivity index (χ1) is 10.8. The lowest BCUT2D eigenvalue weighted by Gasteiger charge is -2.17. The van der Waals surface area contributed by atoms with Crippen LogP contribution >= 0.6 is 0 Å². The molecule has 1 atom stereocenters. The average Bonchev–Trinajstić information content (AvgIpc) is 3.24. The highest BCUT2D eigenvalue weighted by atomic mass is 16.2. The number of aromatic nitrogens is 3. The van der Waals surface area contributed by atoms with Gasteiger partial charge >= 0.3 is 0 Å². The van der Waals surface area contributed by atoms with Crippen LogP contribution < -0.4 is 0 Å². The monoisotopic (exact) mass is 292 g/mol. The number of pyridine rings is 1. The Balaban J connectivity index is 1.56. The normalized spacial score (nSPS) is 18.0. The molecule has 1 aromatic carbocycles. The summed E-state index contributed by atoms with van der Waals surface area (Å²) in [6.07, 6.45) is 6.45. The molecule has 22 heavy (non-hydrogen) atoms. The number of fused-ring (bicyclic) bond motifs is 1. The molecule has 5 nitrogen and oxygen atoms in total. The summed E-state index contributed by atoms with van der Waals surface area (Å²) in [4.78, 5) is 18.9. The molecule has 0 N–H and O–H groups in total. The third-order valence-electron chi connectivity index (χ3n) is 4.20. The molecule has 1 fully saturated rings. The fourth-order valence-corrected chi connectivity index (χ4v) is 3.03. The van der Waals surface area contributed by atoms with Crippen molar-refractivity contribution in [2.75, 3.05) is 13.1 Å². The van der Waals surface area contributed by atoms with Crippen LogP contribution in [0, 0.1) is 0 Å². The molecule has 1 unspecified atom stereocenters. The first-order valence-electron chi connectivity index (χ1n) is 7.44. The predicted molar refractivity (Wildman–Crippen MR) is 83.5 cm³/mol. The smallest absolute Gasteiger partial charge is 0.253 e. The molecule has 3 heterocycles. The van der Waals surface area contributed by atoms with E-state index in [1.165, 1.54) is 0 Å². The molecule has 4 rings (SSSR count). The molecule has 0 spiro atoms. The third-order valence-corrected chi connectivity index (χ3v) is 4.20. The summed E-state index contributed by atoms with van der Waals surface area (Å²) in [7, 11) is 0. The van der Waals surface area contributed by atoms with Crippen molar-refractivity contribution in [1.82, 2.24) is 19.7 Å². The Morgan fingerprint density at radius 1 is 1.18 bits per heavy atom. The quantitative estimate of drug-likeness (QED) is 0.729. The van der Waals surface area contributed by atoms with Crippen LogP contribution in [0.25, 0.3) is 10.9 Å². The van der Waals surface area contributed by atoms with Crippen LogP contribution in [0.2, 0.25) is 0 Å². The van der Waals surface area contributed by atoms with Crippen LogP contribution in [0.4, 0.5) is 0 Å². The Bertz CT molecular complexity index is 812. The van der Waals surface area contributed by atoms with Gasteiger partial charge in [-0.25, -0.2) is 0 Å². The Hall–Kier alpha value is -2.69. The highest BCUT2D eigenvalue weighted by molar-refractivity contribution is 5.98. The number of likely N-dealkylation sites (tertiary alicyclic amines) is 1. The number of nitrogens with zero attached hydrogens (tertiary/aromatic N) is 4. The molecule has 1 amide bonds. The number of rotatable bonds is 2. The maximum Gasteiger partial charge on any atom is 0.253 e. The third kappa shape index (κ3) is 2.24. The van der Waals surface area contributed by atoms with Crippen molar-refractivity contribution in [1.29, 1.82) is 0 Å². The fourth-order valence-electron chi connectivity index (χ4n) is 3.03. The molecule has 1 saturated heterocycles. The number of carbonyl (C=O) groups excluding carboxylic acids is 1. The van der Waals surface area contributed by atoms with Crippen LogP contribution in [0.15, 0.2) is 55.0 Å². The summed E-state index contributed by atoms with van der Waals surface area (Å²) in [5, 5.41) is 5.27. The lowest BCUT2D eigenvalue weighted by Crippen LogP contribution is -2.29. The molecule has 5 heteroatoms. The summed E-state index contributed by atoms with van der Waals surface area (Å²) >= 11 is 0. The molecule has 0 radical (unpaired) electrons. The van der Waals surface area contributed by atoms with E-state index in [-0.39, 0.29) is 11.9 Å². The van der Waals surface area contributed by atoms with E-state index in [0.29, 0.717) is 6.54 Å². The Labute approximate surface area is 128 Å². The van der Waals surface area contributed by atoms with E-state index in [4.69, 9.17) is 0 Å². The van der Waals surface area contributed by atoms with E-state index in [1.54, 1.807) is 12.4 Å². The Kier molecular flexibility index (Phi) is 3.11. The number of benzene rings is 1. The minimum absolute atomic E-state index is 0.0837. The fraction of sp³-hybridized carbons (Fsp3) is 0.235. The molecule has 3 aromatic rings. The topological polar surface area (TPSA) is 51.0 Å². The van der Waals surface area contributed by atoms with E-state index < -0.39 is 0 Å². The van der Waals surface area contributed by atoms with E-state index in [2.05, 4.69) is 10.1 Å². The van der Waals surface area contributed by atoms with Crippen LogP contribution in [0.3, 0.4) is 0 Å². The summed E-state index contributed by atoms with van der Waals surface area (Å²) < 4.78 is 1.94. The van der Waals surface area contributed by atoms with E-state index in [1.807, 2.05) is 52.2 Å². The molecular weight excluding hydrogens is 276 g/mol. The van der Waals surface area contributed by atoms with Gasteiger partial charge in [-0.1, -0.05) is 6.07 Å². The van der Waals surface area contributed by atoms with E-state index >= 15 is 0 Å². The van der Waals surface area contributed by atoms with Crippen molar-refractivity contribution in [2.24, 2.45) is 0 Å². The molecule has 1 aliphatic rings. The molecule has 0 saturated carbocycles. The van der Waals surface area contributed by atoms with Gasteiger partial charge in [-0.3, -0.25) is 14.5 Å². The van der Waals surface area contributed by atoms with Crippen molar-refractivity contribution in [3.05, 3.63) is 60.6 Å². The molecule has 1 aliphatic heterocycles. The Morgan fingerprint density at radius 3 is 3.00 bits per heavy atom. The minimum atomic E-state index is 0.0837. The van der Waals surface area contributed by atoms with Gasteiger partial charge in [0.2, 0.25) is 0 Å². The van der Waals surface area contributed by atoms with Crippen molar-refractivity contribution >= 4 is 16.8 Å². The lowest BCUT2D eigenvalue weighted by molar-refractivity contribution is 0.0787. The van der Waals surface area contributed by atoms with Gasteiger partial charge in [0.1, 0.15) is 0 Å². The van der Waals surface area contributed by atoms with Crippen molar-refractivity contribution in [3.8, 4) is 0 Å². The molecule has 0 bridgehead atoms. The largest absolute Gasteiger partial charge is 0.336 e. The SMILES string of the molecule is O=C(c1ccc2ncccc2c1)N1CCC(n2cccn2)C1. The zero-order valence-corrected chi connectivity index (χ0v) is 12.1. The van der Waals surface area contributed by atoms with Crippen LogP contribution in [-0.4, -0.2) is 38.7 Å². The first-order valence-corrected chi connectivity index (χ1v) is 7.44. The summed E-state index contributed by atoms with van der Waals surface area (Å²) in [5.41, 5.74) is 1.64. The van der Waals surface area contributed by atoms with Crippen LogP contribution in [-0.2, 0) is 0 Å². The average molecular weight is 292 g/mol. The van der Waals surface area contributed by atoms with Gasteiger partial charge in [0, 0.05) is 42.6 Å². The van der Waals surface area contributed by atoms with Gasteiger partial charge in [-0.2, -0.15) is 5.10 Å². The zero-order chi connectivity index (χ0) is 14.9. The minimum Gasteiger partial charge on any atom is -0.336 e. The molecule has 0 aliphatic carbocycles. The second-order valence-corrected chi connectivity index (χ2v) is 5.59. The summed E-state index contributed by atoms with van der Waals surface area (Å²) in [6.45, 7) is 1.49. The van der Waals surface area contributed by atoms with Crippen LogP contribution in [0.5, 0.6) is 0 Å². The zero-order valence-electron chi connectivity index (χ0n) is 12.1. The van der Waals surface area contributed by atoms with Gasteiger partial charge in [-0.05, 0) is 36.8 Å². The van der Waals surface area contributed by atoms with Gasteiger partial charge in [-0.15, -0.1) is 0 Å². The number of carbonyl (C=O) groups is 1. The van der Waals surface area contributed by atoms with Crippen molar-refractivity contribution in [3.63, 3.8) is 0 Å². The molecule has 110 valence electrons. The van der Waals surface area contributed by atoms with Crippen molar-refractivity contribution in [2.45, 2.75) is 12.5 Å². The second kappa shape index (κ2) is 5.26. The number of hydrogen-bond donors (Lipinski definition) is 0. The summed E-state index contributed by atoms with van der Waals surface area (Å²) in [6, 6.07) is 11.8. The number of hydrogen-bond acceptors (Lipinski definition) is 3. The molecular formula is C17H16N4O. The standard InChI is InChI=1S/C17H16N4O/c22-17(14-4-5-16-13(11-14)3-1-7-18-16)20-10-6-15(12-20)21-9-2-8-19-21/h1-5,7-9,11,15H,6,10,12H2. The van der Waals surface area contributed by atoms with Gasteiger partial charge in [0.15, 0.2) is 0 Å².